The Morgan fingerprint density at radius 1 is 1.07 bits per heavy atom. The molecule has 1 aliphatic rings. The largest absolute Gasteiger partial charge is 0.354 e. The van der Waals surface area contributed by atoms with Crippen LogP contribution in [0, 0.1) is 0 Å². The Labute approximate surface area is 172 Å². The second-order valence-electron chi connectivity index (χ2n) is 8.02. The van der Waals surface area contributed by atoms with Gasteiger partial charge in [-0.05, 0) is 35.7 Å². The highest BCUT2D eigenvalue weighted by atomic mass is 16.2. The highest BCUT2D eigenvalue weighted by Crippen LogP contribution is 2.35. The molecular weight excluding hydrogens is 360 g/mol. The van der Waals surface area contributed by atoms with E-state index in [1.54, 1.807) is 4.68 Å². The molecule has 1 aliphatic carbocycles. The van der Waals surface area contributed by atoms with Gasteiger partial charge >= 0.3 is 0 Å². The first-order chi connectivity index (χ1) is 14.1. The number of nitrogens with one attached hydrogen (secondary N) is 1. The molecule has 1 N–H and O–H groups in total. The highest BCUT2D eigenvalue weighted by molar-refractivity contribution is 5.88. The molecule has 150 valence electrons. The van der Waals surface area contributed by atoms with Gasteiger partial charge in [-0.1, -0.05) is 54.6 Å². The van der Waals surface area contributed by atoms with Crippen LogP contribution in [-0.4, -0.2) is 39.7 Å². The number of hydrogen-bond donors (Lipinski definition) is 1. The van der Waals surface area contributed by atoms with Gasteiger partial charge in [-0.15, -0.1) is 0 Å². The second kappa shape index (κ2) is 8.21. The van der Waals surface area contributed by atoms with Crippen LogP contribution in [0.1, 0.15) is 22.3 Å². The van der Waals surface area contributed by atoms with Crippen LogP contribution in [-0.2, 0) is 37.6 Å². The Bertz CT molecular complexity index is 954. The van der Waals surface area contributed by atoms with Crippen molar-refractivity contribution < 1.29 is 4.79 Å². The molecule has 0 radical (unpaired) electrons. The van der Waals surface area contributed by atoms with Crippen molar-refractivity contribution in [2.24, 2.45) is 7.05 Å². The normalized spacial score (nSPS) is 14.7. The molecule has 0 bridgehead atoms. The summed E-state index contributed by atoms with van der Waals surface area (Å²) in [6.07, 6.45) is 6.12. The molecule has 0 unspecified atom stereocenters. The summed E-state index contributed by atoms with van der Waals surface area (Å²) in [5, 5.41) is 7.41. The van der Waals surface area contributed by atoms with E-state index in [-0.39, 0.29) is 5.91 Å². The van der Waals surface area contributed by atoms with E-state index in [1.165, 1.54) is 16.7 Å². The van der Waals surface area contributed by atoms with Crippen LogP contribution < -0.4 is 5.32 Å². The van der Waals surface area contributed by atoms with Crippen LogP contribution in [0.2, 0.25) is 0 Å². The number of benzene rings is 2. The van der Waals surface area contributed by atoms with E-state index in [2.05, 4.69) is 58.8 Å². The van der Waals surface area contributed by atoms with Crippen molar-refractivity contribution in [1.29, 1.82) is 0 Å². The first-order valence-electron chi connectivity index (χ1n) is 10.1. The lowest BCUT2D eigenvalue weighted by Gasteiger charge is -2.37. The van der Waals surface area contributed by atoms with Crippen molar-refractivity contribution >= 4 is 5.91 Å². The maximum atomic E-state index is 13.5. The van der Waals surface area contributed by atoms with E-state index < -0.39 is 5.54 Å². The van der Waals surface area contributed by atoms with Crippen LogP contribution in [0.4, 0.5) is 0 Å². The van der Waals surface area contributed by atoms with Gasteiger partial charge in [-0.2, -0.15) is 5.10 Å². The monoisotopic (exact) mass is 388 g/mol. The van der Waals surface area contributed by atoms with Gasteiger partial charge in [0, 0.05) is 39.2 Å². The lowest BCUT2D eigenvalue weighted by atomic mass is 9.91. The summed E-state index contributed by atoms with van der Waals surface area (Å²) in [4.78, 5) is 15.7. The van der Waals surface area contributed by atoms with E-state index in [4.69, 9.17) is 0 Å². The number of aryl methyl sites for hydroxylation is 1. The zero-order chi connectivity index (χ0) is 20.3. The minimum atomic E-state index is -0.561. The average Bonchev–Trinajstić information content (AvgIpc) is 3.33. The number of carbonyl (C=O) groups excluding carboxylic acids is 1. The lowest BCUT2D eigenvalue weighted by Crippen LogP contribution is -2.58. The zero-order valence-corrected chi connectivity index (χ0v) is 17.1. The first-order valence-corrected chi connectivity index (χ1v) is 10.1. The van der Waals surface area contributed by atoms with Gasteiger partial charge in [0.05, 0.1) is 6.20 Å². The van der Waals surface area contributed by atoms with Crippen LogP contribution in [0.15, 0.2) is 67.0 Å². The maximum Gasteiger partial charge on any atom is 0.241 e. The van der Waals surface area contributed by atoms with Crippen molar-refractivity contribution in [3.05, 3.63) is 89.2 Å². The van der Waals surface area contributed by atoms with Crippen molar-refractivity contribution in [3.8, 4) is 0 Å². The van der Waals surface area contributed by atoms with Gasteiger partial charge in [-0.25, -0.2) is 0 Å². The fraction of sp³-hybridized carbons (Fsp3) is 0.333. The van der Waals surface area contributed by atoms with E-state index in [0.717, 1.165) is 31.4 Å². The van der Waals surface area contributed by atoms with Gasteiger partial charge in [-0.3, -0.25) is 14.4 Å². The number of likely N-dealkylation sites (N-methyl/N-ethyl adjacent to an activating group) is 1. The smallest absolute Gasteiger partial charge is 0.241 e. The molecule has 2 aromatic carbocycles. The number of hydrogen-bond acceptors (Lipinski definition) is 3. The van der Waals surface area contributed by atoms with Crippen molar-refractivity contribution in [3.63, 3.8) is 0 Å². The molecule has 0 saturated carbocycles. The number of rotatable bonds is 7. The van der Waals surface area contributed by atoms with E-state index in [1.807, 2.05) is 37.6 Å². The number of aromatic nitrogens is 2. The summed E-state index contributed by atoms with van der Waals surface area (Å²) < 4.78 is 1.79. The Hall–Kier alpha value is -2.92. The number of nitrogens with zero attached hydrogens (tertiary/aromatic N) is 3. The third-order valence-corrected chi connectivity index (χ3v) is 5.96. The molecule has 0 spiro atoms. The van der Waals surface area contributed by atoms with Crippen molar-refractivity contribution in [2.75, 3.05) is 13.6 Å². The minimum absolute atomic E-state index is 0.107. The van der Waals surface area contributed by atoms with Gasteiger partial charge in [0.15, 0.2) is 0 Å². The predicted octanol–water partition coefficient (Wildman–Crippen LogP) is 2.75. The zero-order valence-electron chi connectivity index (χ0n) is 17.1. The highest BCUT2D eigenvalue weighted by Gasteiger charge is 2.46. The molecule has 0 atom stereocenters. The van der Waals surface area contributed by atoms with E-state index >= 15 is 0 Å². The summed E-state index contributed by atoms with van der Waals surface area (Å²) in [5.41, 5.74) is 4.33. The molecule has 4 rings (SSSR count). The molecule has 5 heteroatoms. The topological polar surface area (TPSA) is 50.2 Å². The molecule has 0 aliphatic heterocycles. The number of carbonyl (C=O) groups is 1. The third kappa shape index (κ3) is 4.10. The van der Waals surface area contributed by atoms with E-state index in [0.29, 0.717) is 6.54 Å². The predicted molar refractivity (Wildman–Crippen MR) is 114 cm³/mol. The standard InChI is InChI=1S/C24H28N4O/c1-27(17-19-8-4-3-5-9-19)24(14-21-10-6-7-11-22(21)15-24)23(29)25-13-12-20-16-26-28(2)18-20/h3-11,16,18H,12-15,17H2,1-2H3,(H,25,29). The summed E-state index contributed by atoms with van der Waals surface area (Å²) in [6.45, 7) is 1.35. The first kappa shape index (κ1) is 19.4. The van der Waals surface area contributed by atoms with Gasteiger partial charge in [0.25, 0.3) is 0 Å². The summed E-state index contributed by atoms with van der Waals surface area (Å²) >= 11 is 0. The van der Waals surface area contributed by atoms with Crippen LogP contribution in [0.25, 0.3) is 0 Å². The van der Waals surface area contributed by atoms with E-state index in [9.17, 15) is 4.79 Å². The Kier molecular flexibility index (Phi) is 5.49. The van der Waals surface area contributed by atoms with Crippen LogP contribution in [0.3, 0.4) is 0 Å². The number of amides is 1. The van der Waals surface area contributed by atoms with Gasteiger partial charge in [0.2, 0.25) is 5.91 Å². The number of fused-ring (bicyclic) bond motifs is 1. The molecule has 5 nitrogen and oxygen atoms in total. The van der Waals surface area contributed by atoms with Crippen molar-refractivity contribution in [1.82, 2.24) is 20.0 Å². The summed E-state index contributed by atoms with van der Waals surface area (Å²) in [7, 11) is 3.98. The van der Waals surface area contributed by atoms with Crippen molar-refractivity contribution in [2.45, 2.75) is 31.3 Å². The van der Waals surface area contributed by atoms with Gasteiger partial charge in [0.1, 0.15) is 5.54 Å². The van der Waals surface area contributed by atoms with Crippen LogP contribution >= 0.6 is 0 Å². The minimum Gasteiger partial charge on any atom is -0.354 e. The molecule has 3 aromatic rings. The SMILES string of the molecule is CN(Cc1ccccc1)C1(C(=O)NCCc2cnn(C)c2)Cc2ccccc2C1. The molecule has 29 heavy (non-hydrogen) atoms. The Morgan fingerprint density at radius 3 is 2.34 bits per heavy atom. The molecule has 1 aromatic heterocycles. The Balaban J connectivity index is 1.51. The molecule has 1 amide bonds. The van der Waals surface area contributed by atoms with Crippen LogP contribution in [0.5, 0.6) is 0 Å². The molecular formula is C24H28N4O. The average molecular weight is 389 g/mol. The summed E-state index contributed by atoms with van der Waals surface area (Å²) in [5.74, 6) is 0.107. The fourth-order valence-electron chi connectivity index (χ4n) is 4.29. The fourth-order valence-corrected chi connectivity index (χ4v) is 4.29. The molecule has 0 saturated heterocycles. The second-order valence-corrected chi connectivity index (χ2v) is 8.02. The third-order valence-electron chi connectivity index (χ3n) is 5.96. The molecule has 1 heterocycles. The lowest BCUT2D eigenvalue weighted by molar-refractivity contribution is -0.132. The van der Waals surface area contributed by atoms with Gasteiger partial charge < -0.3 is 5.32 Å². The maximum absolute atomic E-state index is 13.5. The quantitative estimate of drug-likeness (QED) is 0.677. The summed E-state index contributed by atoms with van der Waals surface area (Å²) in [6, 6.07) is 18.8. The molecule has 0 fully saturated rings. The Morgan fingerprint density at radius 2 is 1.72 bits per heavy atom.